The average Bonchev–Trinajstić information content (AvgIpc) is 2.97. The van der Waals surface area contributed by atoms with Crippen molar-refractivity contribution in [3.63, 3.8) is 0 Å². The van der Waals surface area contributed by atoms with Gasteiger partial charge in [-0.15, -0.1) is 0 Å². The molecule has 0 aliphatic rings. The third kappa shape index (κ3) is 5.22. The van der Waals surface area contributed by atoms with Gasteiger partial charge in [0.2, 0.25) is 0 Å². The Bertz CT molecular complexity index is 1600. The minimum absolute atomic E-state index is 0.708. The van der Waals surface area contributed by atoms with E-state index in [1.165, 1.54) is 14.7 Å². The number of benzene rings is 5. The van der Waals surface area contributed by atoms with E-state index >= 15 is 0 Å². The molecule has 0 fully saturated rings. The molecule has 38 heavy (non-hydrogen) atoms. The molecule has 0 aliphatic heterocycles. The standard InChI is InChI=1S/C34H24IN3/c35-30-10-4-8-28(20-30)23-12-16-25(17-13-23)32-22-33(38-34(37-32)27-6-2-1-3-7-27)26-18-14-24(15-19-26)29-9-5-11-31(36)21-29/h1-22H,36H2. The Balaban J connectivity index is 1.40. The SMILES string of the molecule is Nc1cccc(-c2ccc(-c3cc(-c4ccc(-c5cccc(I)c5)cc4)nc(-c4ccccc4)n3)cc2)c1. The maximum atomic E-state index is 5.99. The van der Waals surface area contributed by atoms with Crippen LogP contribution in [0.4, 0.5) is 5.69 Å². The van der Waals surface area contributed by atoms with Crippen molar-refractivity contribution in [2.45, 2.75) is 0 Å². The molecule has 2 N–H and O–H groups in total. The van der Waals surface area contributed by atoms with Crippen LogP contribution in [0.15, 0.2) is 133 Å². The highest BCUT2D eigenvalue weighted by Gasteiger charge is 2.11. The van der Waals surface area contributed by atoms with Gasteiger partial charge >= 0.3 is 0 Å². The summed E-state index contributed by atoms with van der Waals surface area (Å²) in [6.07, 6.45) is 0. The van der Waals surface area contributed by atoms with Crippen molar-refractivity contribution in [3.05, 3.63) is 137 Å². The van der Waals surface area contributed by atoms with E-state index in [2.05, 4.69) is 108 Å². The van der Waals surface area contributed by atoms with Crippen molar-refractivity contribution in [2.75, 3.05) is 5.73 Å². The number of hydrogen-bond donors (Lipinski definition) is 1. The van der Waals surface area contributed by atoms with Gasteiger partial charge in [0.05, 0.1) is 11.4 Å². The van der Waals surface area contributed by atoms with E-state index in [9.17, 15) is 0 Å². The van der Waals surface area contributed by atoms with Gasteiger partial charge in [0, 0.05) is 25.9 Å². The van der Waals surface area contributed by atoms with Crippen LogP contribution >= 0.6 is 22.6 Å². The van der Waals surface area contributed by atoms with E-state index in [1.807, 2.05) is 48.5 Å². The summed E-state index contributed by atoms with van der Waals surface area (Å²) in [5.41, 5.74) is 16.2. The summed E-state index contributed by atoms with van der Waals surface area (Å²) in [6, 6.07) is 45.7. The van der Waals surface area contributed by atoms with Crippen molar-refractivity contribution in [3.8, 4) is 56.2 Å². The average molecular weight is 601 g/mol. The van der Waals surface area contributed by atoms with Gasteiger partial charge in [0.15, 0.2) is 5.82 Å². The van der Waals surface area contributed by atoms with Gasteiger partial charge in [-0.25, -0.2) is 9.97 Å². The smallest absolute Gasteiger partial charge is 0.160 e. The topological polar surface area (TPSA) is 51.8 Å². The molecule has 0 saturated heterocycles. The number of nitrogens with zero attached hydrogens (tertiary/aromatic N) is 2. The van der Waals surface area contributed by atoms with Crippen LogP contribution < -0.4 is 5.73 Å². The van der Waals surface area contributed by atoms with Crippen molar-refractivity contribution in [2.24, 2.45) is 0 Å². The Morgan fingerprint density at radius 1 is 0.421 bits per heavy atom. The molecular weight excluding hydrogens is 577 g/mol. The van der Waals surface area contributed by atoms with Gasteiger partial charge in [-0.1, -0.05) is 103 Å². The van der Waals surface area contributed by atoms with Gasteiger partial charge < -0.3 is 5.73 Å². The lowest BCUT2D eigenvalue weighted by Crippen LogP contribution is -1.96. The maximum absolute atomic E-state index is 5.99. The van der Waals surface area contributed by atoms with Crippen LogP contribution in [0.25, 0.3) is 56.2 Å². The summed E-state index contributed by atoms with van der Waals surface area (Å²) in [5, 5.41) is 0. The zero-order valence-corrected chi connectivity index (χ0v) is 22.7. The van der Waals surface area contributed by atoms with Gasteiger partial charge in [-0.05, 0) is 75.2 Å². The zero-order valence-electron chi connectivity index (χ0n) is 20.6. The molecule has 5 aromatic carbocycles. The van der Waals surface area contributed by atoms with Crippen molar-refractivity contribution in [1.82, 2.24) is 9.97 Å². The summed E-state index contributed by atoms with van der Waals surface area (Å²) in [4.78, 5) is 9.92. The van der Waals surface area contributed by atoms with Crippen LogP contribution in [0.3, 0.4) is 0 Å². The molecule has 0 radical (unpaired) electrons. The molecule has 0 spiro atoms. The highest BCUT2D eigenvalue weighted by atomic mass is 127. The largest absolute Gasteiger partial charge is 0.399 e. The molecule has 0 saturated carbocycles. The van der Waals surface area contributed by atoms with Crippen LogP contribution in [-0.2, 0) is 0 Å². The first-order valence-electron chi connectivity index (χ1n) is 12.4. The number of rotatable bonds is 5. The fourth-order valence-electron chi connectivity index (χ4n) is 4.51. The van der Waals surface area contributed by atoms with Crippen LogP contribution in [-0.4, -0.2) is 9.97 Å². The van der Waals surface area contributed by atoms with Gasteiger partial charge in [0.25, 0.3) is 0 Å². The zero-order chi connectivity index (χ0) is 25.9. The molecule has 1 aromatic heterocycles. The highest BCUT2D eigenvalue weighted by molar-refractivity contribution is 14.1. The summed E-state index contributed by atoms with van der Waals surface area (Å²) < 4.78 is 1.22. The van der Waals surface area contributed by atoms with Crippen molar-refractivity contribution in [1.29, 1.82) is 0 Å². The second-order valence-electron chi connectivity index (χ2n) is 9.12. The normalized spacial score (nSPS) is 10.9. The van der Waals surface area contributed by atoms with Crippen molar-refractivity contribution >= 4 is 28.3 Å². The molecular formula is C34H24IN3. The summed E-state index contributed by atoms with van der Waals surface area (Å²) in [6.45, 7) is 0. The second-order valence-corrected chi connectivity index (χ2v) is 10.4. The Hall–Kier alpha value is -4.29. The Kier molecular flexibility index (Phi) is 6.71. The fourth-order valence-corrected chi connectivity index (χ4v) is 5.06. The number of hydrogen-bond acceptors (Lipinski definition) is 3. The third-order valence-corrected chi connectivity index (χ3v) is 7.17. The Labute approximate surface area is 236 Å². The maximum Gasteiger partial charge on any atom is 0.160 e. The lowest BCUT2D eigenvalue weighted by molar-refractivity contribution is 1.18. The molecule has 0 unspecified atom stereocenters. The predicted molar refractivity (Wildman–Crippen MR) is 166 cm³/mol. The van der Waals surface area contributed by atoms with E-state index in [0.717, 1.165) is 44.9 Å². The second kappa shape index (κ2) is 10.6. The molecule has 0 aliphatic carbocycles. The van der Waals surface area contributed by atoms with E-state index in [0.29, 0.717) is 5.82 Å². The van der Waals surface area contributed by atoms with E-state index in [-0.39, 0.29) is 0 Å². The van der Waals surface area contributed by atoms with E-state index < -0.39 is 0 Å². The van der Waals surface area contributed by atoms with Crippen molar-refractivity contribution < 1.29 is 0 Å². The molecule has 0 bridgehead atoms. The minimum atomic E-state index is 0.708. The molecule has 0 amide bonds. The van der Waals surface area contributed by atoms with Gasteiger partial charge in [0.1, 0.15) is 0 Å². The molecule has 3 nitrogen and oxygen atoms in total. The third-order valence-electron chi connectivity index (χ3n) is 6.50. The first-order chi connectivity index (χ1) is 18.6. The first kappa shape index (κ1) is 24.1. The lowest BCUT2D eigenvalue weighted by Gasteiger charge is -2.11. The fraction of sp³-hybridized carbons (Fsp3) is 0. The molecule has 6 rings (SSSR count). The number of nitrogen functional groups attached to an aromatic ring is 1. The molecule has 182 valence electrons. The number of anilines is 1. The van der Waals surface area contributed by atoms with E-state index in [4.69, 9.17) is 15.7 Å². The highest BCUT2D eigenvalue weighted by Crippen LogP contribution is 2.31. The number of nitrogens with two attached hydrogens (primary N) is 1. The van der Waals surface area contributed by atoms with Crippen LogP contribution in [0.2, 0.25) is 0 Å². The van der Waals surface area contributed by atoms with Gasteiger partial charge in [-0.2, -0.15) is 0 Å². The molecule has 0 atom stereocenters. The summed E-state index contributed by atoms with van der Waals surface area (Å²) >= 11 is 2.35. The van der Waals surface area contributed by atoms with Crippen LogP contribution in [0, 0.1) is 3.57 Å². The molecule has 6 aromatic rings. The number of halogens is 1. The van der Waals surface area contributed by atoms with Gasteiger partial charge in [-0.3, -0.25) is 0 Å². The minimum Gasteiger partial charge on any atom is -0.399 e. The van der Waals surface area contributed by atoms with E-state index in [1.54, 1.807) is 0 Å². The summed E-state index contributed by atoms with van der Waals surface area (Å²) in [5.74, 6) is 0.708. The summed E-state index contributed by atoms with van der Waals surface area (Å²) in [7, 11) is 0. The molecule has 4 heteroatoms. The Morgan fingerprint density at radius 2 is 0.921 bits per heavy atom. The Morgan fingerprint density at radius 3 is 1.47 bits per heavy atom. The lowest BCUT2D eigenvalue weighted by atomic mass is 10.0. The van der Waals surface area contributed by atoms with Crippen LogP contribution in [0.5, 0.6) is 0 Å². The monoisotopic (exact) mass is 601 g/mol. The predicted octanol–water partition coefficient (Wildman–Crippen LogP) is 9.00. The number of aromatic nitrogens is 2. The quantitative estimate of drug-likeness (QED) is 0.159. The first-order valence-corrected chi connectivity index (χ1v) is 13.5. The van der Waals surface area contributed by atoms with Crippen LogP contribution in [0.1, 0.15) is 0 Å². The molecule has 1 heterocycles.